The summed E-state index contributed by atoms with van der Waals surface area (Å²) in [5.74, 6) is -1.36. The number of aromatic nitrogens is 2. The Morgan fingerprint density at radius 3 is 2.55 bits per heavy atom. The Balaban J connectivity index is 0.000000252. The van der Waals surface area contributed by atoms with Gasteiger partial charge in [-0.3, -0.25) is 9.59 Å². The number of carbonyl (C=O) groups excluding carboxylic acids is 3. The molecule has 1 saturated carbocycles. The van der Waals surface area contributed by atoms with Crippen LogP contribution in [-0.4, -0.2) is 58.6 Å². The highest BCUT2D eigenvalue weighted by Gasteiger charge is 2.38. The van der Waals surface area contributed by atoms with Crippen molar-refractivity contribution in [3.63, 3.8) is 0 Å². The quantitative estimate of drug-likeness (QED) is 0.286. The topological polar surface area (TPSA) is 155 Å². The van der Waals surface area contributed by atoms with E-state index in [9.17, 15) is 14.4 Å². The molecule has 2 aliphatic rings. The Labute approximate surface area is 192 Å². The number of hydrogen-bond donors (Lipinski definition) is 2. The molecule has 1 unspecified atom stereocenters. The monoisotopic (exact) mass is 459 g/mol. The number of likely N-dealkylation sites (tertiary alicyclic amines) is 1. The van der Waals surface area contributed by atoms with E-state index in [0.29, 0.717) is 42.7 Å². The normalized spacial score (nSPS) is 18.9. The number of nitrogens with zero attached hydrogens (tertiary/aromatic N) is 3. The van der Waals surface area contributed by atoms with Gasteiger partial charge >= 0.3 is 5.97 Å². The van der Waals surface area contributed by atoms with Gasteiger partial charge in [-0.15, -0.1) is 0 Å². The molecule has 180 valence electrons. The first-order valence-electron chi connectivity index (χ1n) is 11.7. The molecule has 33 heavy (non-hydrogen) atoms. The van der Waals surface area contributed by atoms with Crippen molar-refractivity contribution in [2.45, 2.75) is 63.8 Å². The first kappa shape index (κ1) is 24.6. The molecular formula is C23H33N5O5. The Bertz CT molecular complexity index is 940. The second-order valence-corrected chi connectivity index (χ2v) is 8.50. The van der Waals surface area contributed by atoms with Gasteiger partial charge in [-0.05, 0) is 67.5 Å². The maximum Gasteiger partial charge on any atom is 0.328 e. The number of Topliss-reactive ketones (excluding diaryl/α,β-unsaturated/α-hetero) is 1. The number of anilines is 1. The number of nitrogen functional groups attached to an aromatic ring is 1. The molecule has 4 N–H and O–H groups in total. The molecule has 1 atom stereocenters. The van der Waals surface area contributed by atoms with Crippen LogP contribution >= 0.6 is 0 Å². The molecule has 10 heteroatoms. The maximum atomic E-state index is 12.6. The first-order chi connectivity index (χ1) is 16.0. The van der Waals surface area contributed by atoms with E-state index in [1.54, 1.807) is 12.1 Å². The first-order valence-corrected chi connectivity index (χ1v) is 11.7. The van der Waals surface area contributed by atoms with Crippen LogP contribution in [-0.2, 0) is 19.1 Å². The summed E-state index contributed by atoms with van der Waals surface area (Å²) >= 11 is 0. The summed E-state index contributed by atoms with van der Waals surface area (Å²) < 4.78 is 9.67. The van der Waals surface area contributed by atoms with Crippen LogP contribution in [0.2, 0.25) is 0 Å². The molecule has 0 spiro atoms. The lowest BCUT2D eigenvalue weighted by Gasteiger charge is -2.34. The van der Waals surface area contributed by atoms with Crippen molar-refractivity contribution >= 4 is 34.4 Å². The van der Waals surface area contributed by atoms with Crippen molar-refractivity contribution in [2.24, 2.45) is 11.7 Å². The van der Waals surface area contributed by atoms with Crippen LogP contribution in [0.15, 0.2) is 22.8 Å². The third kappa shape index (κ3) is 6.50. The zero-order chi connectivity index (χ0) is 23.6. The molecule has 1 aromatic carbocycles. The minimum Gasteiger partial charge on any atom is -0.464 e. The SMILES string of the molecule is NCCCOC(=O)C1CCCCN1C(=O)C(=O)C1CCCCC1.Nc1cccc2nonc12. The average molecular weight is 460 g/mol. The highest BCUT2D eigenvalue weighted by atomic mass is 16.6. The Morgan fingerprint density at radius 1 is 1.06 bits per heavy atom. The highest BCUT2D eigenvalue weighted by molar-refractivity contribution is 6.37. The van der Waals surface area contributed by atoms with Crippen molar-refractivity contribution in [3.8, 4) is 0 Å². The molecule has 1 saturated heterocycles. The number of carbonyl (C=O) groups is 3. The zero-order valence-electron chi connectivity index (χ0n) is 18.9. The Kier molecular flexibility index (Phi) is 9.17. The summed E-state index contributed by atoms with van der Waals surface area (Å²) in [6, 6.07) is 4.75. The minimum atomic E-state index is -0.610. The van der Waals surface area contributed by atoms with Crippen molar-refractivity contribution < 1.29 is 23.7 Å². The molecule has 2 aromatic rings. The lowest BCUT2D eigenvalue weighted by atomic mass is 9.85. The molecule has 10 nitrogen and oxygen atoms in total. The van der Waals surface area contributed by atoms with Crippen molar-refractivity contribution in [1.29, 1.82) is 0 Å². The van der Waals surface area contributed by atoms with Gasteiger partial charge in [0.1, 0.15) is 11.6 Å². The van der Waals surface area contributed by atoms with E-state index in [4.69, 9.17) is 16.2 Å². The van der Waals surface area contributed by atoms with Crippen LogP contribution in [0, 0.1) is 5.92 Å². The van der Waals surface area contributed by atoms with Crippen molar-refractivity contribution in [2.75, 3.05) is 25.4 Å². The van der Waals surface area contributed by atoms with Gasteiger partial charge < -0.3 is 21.1 Å². The minimum absolute atomic E-state index is 0.160. The summed E-state index contributed by atoms with van der Waals surface area (Å²) in [5, 5.41) is 7.22. The summed E-state index contributed by atoms with van der Waals surface area (Å²) in [5.41, 5.74) is 12.8. The molecule has 1 amide bonds. The molecule has 2 fully saturated rings. The van der Waals surface area contributed by atoms with Crippen LogP contribution in [0.25, 0.3) is 11.0 Å². The zero-order valence-corrected chi connectivity index (χ0v) is 18.9. The van der Waals surface area contributed by atoms with E-state index < -0.39 is 17.9 Å². The Hall–Kier alpha value is -3.01. The second kappa shape index (κ2) is 12.3. The van der Waals surface area contributed by atoms with Crippen molar-refractivity contribution in [1.82, 2.24) is 15.2 Å². The highest BCUT2D eigenvalue weighted by Crippen LogP contribution is 2.26. The van der Waals surface area contributed by atoms with E-state index >= 15 is 0 Å². The van der Waals surface area contributed by atoms with E-state index in [1.807, 2.05) is 6.07 Å². The molecule has 2 heterocycles. The van der Waals surface area contributed by atoms with Crippen LogP contribution in [0.3, 0.4) is 0 Å². The lowest BCUT2D eigenvalue weighted by molar-refractivity contribution is -0.160. The molecule has 1 aliphatic heterocycles. The molecule has 0 radical (unpaired) electrons. The predicted octanol–water partition coefficient (Wildman–Crippen LogP) is 2.21. The molecule has 1 aliphatic carbocycles. The van der Waals surface area contributed by atoms with Gasteiger partial charge in [-0.2, -0.15) is 0 Å². The van der Waals surface area contributed by atoms with Crippen LogP contribution < -0.4 is 11.5 Å². The molecular weight excluding hydrogens is 426 g/mol. The fourth-order valence-electron chi connectivity index (χ4n) is 4.28. The van der Waals surface area contributed by atoms with Gasteiger partial charge in [-0.1, -0.05) is 25.3 Å². The number of nitrogens with two attached hydrogens (primary N) is 2. The van der Waals surface area contributed by atoms with E-state index in [0.717, 1.165) is 44.9 Å². The van der Waals surface area contributed by atoms with Crippen molar-refractivity contribution in [3.05, 3.63) is 18.2 Å². The van der Waals surface area contributed by atoms with Gasteiger partial charge in [0, 0.05) is 12.5 Å². The number of esters is 1. The van der Waals surface area contributed by atoms with E-state index in [2.05, 4.69) is 14.9 Å². The molecule has 0 bridgehead atoms. The van der Waals surface area contributed by atoms with Gasteiger partial charge in [0.15, 0.2) is 5.52 Å². The molecule has 1 aromatic heterocycles. The smallest absolute Gasteiger partial charge is 0.328 e. The second-order valence-electron chi connectivity index (χ2n) is 8.50. The van der Waals surface area contributed by atoms with Gasteiger partial charge in [0.25, 0.3) is 5.91 Å². The van der Waals surface area contributed by atoms with Gasteiger partial charge in [-0.25, -0.2) is 9.42 Å². The van der Waals surface area contributed by atoms with Gasteiger partial charge in [0.2, 0.25) is 5.78 Å². The number of ketones is 1. The fraction of sp³-hybridized carbons (Fsp3) is 0.609. The largest absolute Gasteiger partial charge is 0.464 e. The third-order valence-electron chi connectivity index (χ3n) is 6.13. The summed E-state index contributed by atoms with van der Waals surface area (Å²) in [4.78, 5) is 38.7. The lowest BCUT2D eigenvalue weighted by Crippen LogP contribution is -2.52. The predicted molar refractivity (Wildman–Crippen MR) is 122 cm³/mol. The average Bonchev–Trinajstić information content (AvgIpc) is 3.35. The van der Waals surface area contributed by atoms with Crippen LogP contribution in [0.1, 0.15) is 57.8 Å². The summed E-state index contributed by atoms with van der Waals surface area (Å²) in [7, 11) is 0. The number of fused-ring (bicyclic) bond motifs is 1. The Morgan fingerprint density at radius 2 is 1.82 bits per heavy atom. The maximum absolute atomic E-state index is 12.6. The fourth-order valence-corrected chi connectivity index (χ4v) is 4.28. The number of hydrogen-bond acceptors (Lipinski definition) is 9. The summed E-state index contributed by atoms with van der Waals surface area (Å²) in [6.45, 7) is 1.19. The third-order valence-corrected chi connectivity index (χ3v) is 6.13. The van der Waals surface area contributed by atoms with Crippen LogP contribution in [0.5, 0.6) is 0 Å². The van der Waals surface area contributed by atoms with E-state index in [-0.39, 0.29) is 18.3 Å². The number of rotatable bonds is 6. The number of amides is 1. The number of benzene rings is 1. The van der Waals surface area contributed by atoms with E-state index in [1.165, 1.54) is 4.90 Å². The standard InChI is InChI=1S/C17H28N2O4.C6H5N3O/c18-10-6-12-23-17(22)14-9-4-5-11-19(14)16(21)15(20)13-7-2-1-3-8-13;7-4-2-1-3-5-6(4)9-10-8-5/h13-14H,1-12,18H2;1-3H,7H2. The van der Waals surface area contributed by atoms with Crippen LogP contribution in [0.4, 0.5) is 5.69 Å². The number of ether oxygens (including phenoxy) is 1. The number of piperidine rings is 1. The van der Waals surface area contributed by atoms with Gasteiger partial charge in [0.05, 0.1) is 12.3 Å². The summed E-state index contributed by atoms with van der Waals surface area (Å²) in [6.07, 6.45) is 7.63. The molecule has 4 rings (SSSR count).